The molecule has 2 aromatic heterocycles. The molecule has 0 saturated heterocycles. The van der Waals surface area contributed by atoms with E-state index in [0.29, 0.717) is 17.9 Å². The number of benzene rings is 2. The third-order valence-electron chi connectivity index (χ3n) is 5.75. The minimum Gasteiger partial charge on any atom is -0.337 e. The molecule has 0 aliphatic carbocycles. The molecule has 0 unspecified atom stereocenters. The molecule has 0 aliphatic heterocycles. The zero-order valence-electron chi connectivity index (χ0n) is 20.2. The molecule has 6 nitrogen and oxygen atoms in total. The Morgan fingerprint density at radius 2 is 1.59 bits per heavy atom. The molecule has 0 atom stereocenters. The van der Waals surface area contributed by atoms with Crippen LogP contribution in [0.15, 0.2) is 65.8 Å². The van der Waals surface area contributed by atoms with E-state index in [4.69, 9.17) is 5.10 Å². The number of carbonyl (C=O) groups is 1. The summed E-state index contributed by atoms with van der Waals surface area (Å²) < 4.78 is 1.94. The van der Waals surface area contributed by atoms with E-state index in [1.807, 2.05) is 93.2 Å². The number of carbonyl (C=O) groups excluding carboxylic acids is 1. The van der Waals surface area contributed by atoms with Gasteiger partial charge >= 0.3 is 0 Å². The molecule has 0 fully saturated rings. The maximum atomic E-state index is 13.4. The average molecular weight is 472 g/mol. The summed E-state index contributed by atoms with van der Waals surface area (Å²) in [4.78, 5) is 24.2. The molecular formula is C27H29N5OS. The largest absolute Gasteiger partial charge is 0.337 e. The van der Waals surface area contributed by atoms with Crippen LogP contribution in [0, 0.1) is 27.7 Å². The van der Waals surface area contributed by atoms with Crippen LogP contribution < -0.4 is 0 Å². The number of thioether (sulfide) groups is 1. The van der Waals surface area contributed by atoms with Crippen molar-refractivity contribution in [2.45, 2.75) is 45.1 Å². The fourth-order valence-electron chi connectivity index (χ4n) is 3.99. The van der Waals surface area contributed by atoms with Gasteiger partial charge in [-0.15, -0.1) is 0 Å². The topological polar surface area (TPSA) is 63.9 Å². The Balaban J connectivity index is 1.52. The molecule has 0 radical (unpaired) electrons. The van der Waals surface area contributed by atoms with Crippen LogP contribution >= 0.6 is 11.8 Å². The van der Waals surface area contributed by atoms with E-state index >= 15 is 0 Å². The second kappa shape index (κ2) is 10.2. The maximum absolute atomic E-state index is 13.4. The Kier molecular flexibility index (Phi) is 7.12. The van der Waals surface area contributed by atoms with Gasteiger partial charge in [0, 0.05) is 47.6 Å². The number of para-hydroxylation sites is 1. The van der Waals surface area contributed by atoms with E-state index in [0.717, 1.165) is 44.7 Å². The molecule has 0 spiro atoms. The number of aryl methyl sites for hydroxylation is 3. The minimum absolute atomic E-state index is 0.0104. The van der Waals surface area contributed by atoms with Crippen LogP contribution in [-0.2, 0) is 12.3 Å². The Hall–Kier alpha value is -3.45. The van der Waals surface area contributed by atoms with E-state index in [2.05, 4.69) is 16.9 Å². The number of aromatic nitrogens is 4. The fourth-order valence-corrected chi connectivity index (χ4v) is 4.95. The van der Waals surface area contributed by atoms with Crippen molar-refractivity contribution in [2.75, 3.05) is 7.05 Å². The molecule has 4 rings (SSSR count). The number of amides is 1. The predicted molar refractivity (Wildman–Crippen MR) is 136 cm³/mol. The normalized spacial score (nSPS) is 11.0. The van der Waals surface area contributed by atoms with Crippen LogP contribution in [0.1, 0.15) is 44.3 Å². The van der Waals surface area contributed by atoms with Crippen molar-refractivity contribution in [3.8, 4) is 5.69 Å². The van der Waals surface area contributed by atoms with Crippen LogP contribution in [0.4, 0.5) is 0 Å². The van der Waals surface area contributed by atoms with Gasteiger partial charge in [-0.3, -0.25) is 4.79 Å². The maximum Gasteiger partial charge on any atom is 0.254 e. The van der Waals surface area contributed by atoms with Crippen LogP contribution in [-0.4, -0.2) is 37.6 Å². The highest BCUT2D eigenvalue weighted by molar-refractivity contribution is 7.98. The van der Waals surface area contributed by atoms with Crippen LogP contribution in [0.5, 0.6) is 0 Å². The van der Waals surface area contributed by atoms with Gasteiger partial charge in [-0.05, 0) is 57.5 Å². The Labute approximate surface area is 205 Å². The average Bonchev–Trinajstić information content (AvgIpc) is 3.10. The lowest BCUT2D eigenvalue weighted by Gasteiger charge is -2.19. The monoisotopic (exact) mass is 471 g/mol. The van der Waals surface area contributed by atoms with Gasteiger partial charge in [-0.25, -0.2) is 14.6 Å². The molecule has 174 valence electrons. The molecule has 0 bridgehead atoms. The third-order valence-corrected chi connectivity index (χ3v) is 6.65. The van der Waals surface area contributed by atoms with E-state index in [1.54, 1.807) is 16.7 Å². The van der Waals surface area contributed by atoms with Crippen molar-refractivity contribution in [1.82, 2.24) is 24.6 Å². The number of rotatable bonds is 7. The second-order valence-electron chi connectivity index (χ2n) is 8.44. The van der Waals surface area contributed by atoms with Crippen molar-refractivity contribution in [3.05, 3.63) is 100 Å². The van der Waals surface area contributed by atoms with Gasteiger partial charge in [0.05, 0.1) is 11.4 Å². The van der Waals surface area contributed by atoms with Crippen LogP contribution in [0.25, 0.3) is 5.69 Å². The van der Waals surface area contributed by atoms with Gasteiger partial charge in [-0.2, -0.15) is 5.10 Å². The number of hydrogen-bond donors (Lipinski definition) is 0. The zero-order valence-corrected chi connectivity index (χ0v) is 21.1. The molecule has 4 aromatic rings. The van der Waals surface area contributed by atoms with Crippen molar-refractivity contribution < 1.29 is 4.79 Å². The number of nitrogens with zero attached hydrogens (tertiary/aromatic N) is 5. The highest BCUT2D eigenvalue weighted by Crippen LogP contribution is 2.24. The lowest BCUT2D eigenvalue weighted by atomic mass is 10.1. The molecule has 0 saturated carbocycles. The first-order valence-corrected chi connectivity index (χ1v) is 12.2. The molecule has 0 N–H and O–H groups in total. The molecule has 2 heterocycles. The summed E-state index contributed by atoms with van der Waals surface area (Å²) in [6, 6.07) is 19.8. The van der Waals surface area contributed by atoms with Crippen molar-refractivity contribution >= 4 is 17.7 Å². The highest BCUT2D eigenvalue weighted by atomic mass is 32.2. The molecule has 1 amide bonds. The summed E-state index contributed by atoms with van der Waals surface area (Å²) in [6.45, 7) is 8.47. The van der Waals surface area contributed by atoms with Gasteiger partial charge in [0.2, 0.25) is 0 Å². The standard InChI is InChI=1S/C27H29N5OS/c1-18-15-19(2)29-27(28-18)34-17-22-11-9-10-14-24(22)26(33)31(5)16-25-20(3)30-32(21(25)4)23-12-7-6-8-13-23/h6-15H,16-17H2,1-5H3. The Morgan fingerprint density at radius 3 is 2.29 bits per heavy atom. The smallest absolute Gasteiger partial charge is 0.254 e. The minimum atomic E-state index is -0.0104. The summed E-state index contributed by atoms with van der Waals surface area (Å²) in [5.41, 5.74) is 7.61. The van der Waals surface area contributed by atoms with Gasteiger partial charge in [0.15, 0.2) is 5.16 Å². The molecule has 7 heteroatoms. The van der Waals surface area contributed by atoms with Gasteiger partial charge in [-0.1, -0.05) is 48.2 Å². The van der Waals surface area contributed by atoms with Gasteiger partial charge in [0.1, 0.15) is 0 Å². The molecule has 34 heavy (non-hydrogen) atoms. The van der Waals surface area contributed by atoms with Crippen LogP contribution in [0.2, 0.25) is 0 Å². The van der Waals surface area contributed by atoms with Crippen LogP contribution in [0.3, 0.4) is 0 Å². The first kappa shape index (κ1) is 23.7. The summed E-state index contributed by atoms with van der Waals surface area (Å²) >= 11 is 1.55. The lowest BCUT2D eigenvalue weighted by molar-refractivity contribution is 0.0784. The quantitative estimate of drug-likeness (QED) is 0.265. The summed E-state index contributed by atoms with van der Waals surface area (Å²) in [7, 11) is 1.85. The lowest BCUT2D eigenvalue weighted by Crippen LogP contribution is -2.27. The van der Waals surface area contributed by atoms with E-state index in [-0.39, 0.29) is 5.91 Å². The first-order valence-electron chi connectivity index (χ1n) is 11.2. The zero-order chi connectivity index (χ0) is 24.2. The van der Waals surface area contributed by atoms with Gasteiger partial charge < -0.3 is 4.90 Å². The first-order chi connectivity index (χ1) is 16.3. The predicted octanol–water partition coefficient (Wildman–Crippen LogP) is 5.46. The van der Waals surface area contributed by atoms with E-state index in [9.17, 15) is 4.79 Å². The summed E-state index contributed by atoms with van der Waals surface area (Å²) in [5, 5.41) is 5.45. The third kappa shape index (κ3) is 5.20. The molecule has 0 aliphatic rings. The molecule has 2 aromatic carbocycles. The second-order valence-corrected chi connectivity index (χ2v) is 9.38. The fraction of sp³-hybridized carbons (Fsp3) is 0.259. The Bertz CT molecular complexity index is 1300. The highest BCUT2D eigenvalue weighted by Gasteiger charge is 2.20. The van der Waals surface area contributed by atoms with Crippen molar-refractivity contribution in [2.24, 2.45) is 0 Å². The van der Waals surface area contributed by atoms with E-state index in [1.165, 1.54) is 0 Å². The van der Waals surface area contributed by atoms with Crippen molar-refractivity contribution in [3.63, 3.8) is 0 Å². The molecular weight excluding hydrogens is 442 g/mol. The van der Waals surface area contributed by atoms with Crippen molar-refractivity contribution in [1.29, 1.82) is 0 Å². The summed E-state index contributed by atoms with van der Waals surface area (Å²) in [5.74, 6) is 0.617. The van der Waals surface area contributed by atoms with E-state index < -0.39 is 0 Å². The number of hydrogen-bond acceptors (Lipinski definition) is 5. The Morgan fingerprint density at radius 1 is 0.941 bits per heavy atom. The SMILES string of the molecule is Cc1cc(C)nc(SCc2ccccc2C(=O)N(C)Cc2c(C)nn(-c3ccccc3)c2C)n1. The summed E-state index contributed by atoms with van der Waals surface area (Å²) in [6.07, 6.45) is 0. The van der Waals surface area contributed by atoms with Gasteiger partial charge in [0.25, 0.3) is 5.91 Å².